The van der Waals surface area contributed by atoms with E-state index in [0.717, 1.165) is 12.1 Å². The first-order valence-corrected chi connectivity index (χ1v) is 11.0. The SMILES string of the molecule is O=P(NC(=S)Nc1c(Cl)cccc1C(F)(F)F)(Oc1ccccc1)Oc1ccccc1. The Morgan fingerprint density at radius 2 is 1.39 bits per heavy atom. The zero-order valence-corrected chi connectivity index (χ0v) is 18.1. The molecule has 0 saturated carbocycles. The van der Waals surface area contributed by atoms with Gasteiger partial charge in [0.1, 0.15) is 11.5 Å². The monoisotopic (exact) mass is 486 g/mol. The van der Waals surface area contributed by atoms with Gasteiger partial charge in [-0.15, -0.1) is 0 Å². The Kier molecular flexibility index (Phi) is 7.10. The Morgan fingerprint density at radius 1 is 0.871 bits per heavy atom. The third kappa shape index (κ3) is 6.37. The molecule has 0 amide bonds. The fraction of sp³-hybridized carbons (Fsp3) is 0.0500. The Hall–Kier alpha value is -2.74. The van der Waals surface area contributed by atoms with Crippen LogP contribution in [-0.4, -0.2) is 5.11 Å². The molecule has 3 rings (SSSR count). The van der Waals surface area contributed by atoms with E-state index in [4.69, 9.17) is 32.9 Å². The van der Waals surface area contributed by atoms with Crippen LogP contribution in [0.25, 0.3) is 0 Å². The first kappa shape index (κ1) is 22.9. The van der Waals surface area contributed by atoms with Crippen molar-refractivity contribution in [2.45, 2.75) is 6.18 Å². The van der Waals surface area contributed by atoms with Crippen molar-refractivity contribution < 1.29 is 26.8 Å². The zero-order valence-electron chi connectivity index (χ0n) is 15.6. The summed E-state index contributed by atoms with van der Waals surface area (Å²) in [6.07, 6.45) is -4.69. The van der Waals surface area contributed by atoms with E-state index in [-0.39, 0.29) is 16.5 Å². The molecule has 0 atom stereocenters. The summed E-state index contributed by atoms with van der Waals surface area (Å²) in [4.78, 5) is 0. The van der Waals surface area contributed by atoms with Gasteiger partial charge >= 0.3 is 13.9 Å². The number of hydrogen-bond acceptors (Lipinski definition) is 4. The van der Waals surface area contributed by atoms with Gasteiger partial charge < -0.3 is 14.4 Å². The Morgan fingerprint density at radius 3 is 1.87 bits per heavy atom. The van der Waals surface area contributed by atoms with Crippen LogP contribution in [0.1, 0.15) is 5.56 Å². The molecular formula is C20H15ClF3N2O3PS. The van der Waals surface area contributed by atoms with E-state index in [0.29, 0.717) is 0 Å². The number of nitrogens with one attached hydrogen (secondary N) is 2. The van der Waals surface area contributed by atoms with Crippen molar-refractivity contribution in [3.8, 4) is 11.5 Å². The van der Waals surface area contributed by atoms with Gasteiger partial charge in [-0.05, 0) is 48.6 Å². The van der Waals surface area contributed by atoms with Gasteiger partial charge in [0.15, 0.2) is 5.11 Å². The first-order valence-electron chi connectivity index (χ1n) is 8.71. The van der Waals surface area contributed by atoms with E-state index in [2.05, 4.69) is 10.4 Å². The number of anilines is 1. The van der Waals surface area contributed by atoms with Crippen molar-refractivity contribution >= 4 is 42.4 Å². The van der Waals surface area contributed by atoms with Gasteiger partial charge in [0, 0.05) is 0 Å². The highest BCUT2D eigenvalue weighted by Gasteiger charge is 2.36. The zero-order chi connectivity index (χ0) is 22.5. The summed E-state index contributed by atoms with van der Waals surface area (Å²) >= 11 is 11.0. The molecule has 0 aliphatic heterocycles. The predicted octanol–water partition coefficient (Wildman–Crippen LogP) is 6.91. The van der Waals surface area contributed by atoms with Crippen LogP contribution in [-0.2, 0) is 10.7 Å². The summed E-state index contributed by atoms with van der Waals surface area (Å²) in [7, 11) is -4.21. The van der Waals surface area contributed by atoms with Crippen molar-refractivity contribution in [2.24, 2.45) is 0 Å². The predicted molar refractivity (Wildman–Crippen MR) is 118 cm³/mol. The standard InChI is InChI=1S/C20H15ClF3N2O3PS/c21-17-13-7-12-16(20(22,23)24)18(17)25-19(31)26-30(27,28-14-8-3-1-4-9-14)29-15-10-5-2-6-11-15/h1-13H,(H2,25,26,27,31). The maximum absolute atomic E-state index is 13.4. The van der Waals surface area contributed by atoms with E-state index in [9.17, 15) is 17.7 Å². The molecule has 162 valence electrons. The van der Waals surface area contributed by atoms with Gasteiger partial charge in [0.2, 0.25) is 0 Å². The molecule has 3 aromatic carbocycles. The lowest BCUT2D eigenvalue weighted by Crippen LogP contribution is -2.30. The topological polar surface area (TPSA) is 59.6 Å². The molecule has 3 aromatic rings. The fourth-order valence-electron chi connectivity index (χ4n) is 2.46. The number of alkyl halides is 3. The molecule has 0 unspecified atom stereocenters. The van der Waals surface area contributed by atoms with E-state index in [1.807, 2.05) is 0 Å². The molecule has 2 N–H and O–H groups in total. The summed E-state index contributed by atoms with van der Waals surface area (Å²) in [6, 6.07) is 19.5. The Bertz CT molecular complexity index is 1060. The second kappa shape index (κ2) is 9.60. The third-order valence-electron chi connectivity index (χ3n) is 3.73. The molecular weight excluding hydrogens is 472 g/mol. The number of para-hydroxylation sites is 3. The second-order valence-electron chi connectivity index (χ2n) is 6.03. The number of halogens is 4. The quantitative estimate of drug-likeness (QED) is 0.291. The molecule has 11 heteroatoms. The molecule has 5 nitrogen and oxygen atoms in total. The Balaban J connectivity index is 1.86. The van der Waals surface area contributed by atoms with E-state index >= 15 is 0 Å². The van der Waals surface area contributed by atoms with Crippen LogP contribution in [0.2, 0.25) is 5.02 Å². The largest absolute Gasteiger partial charge is 0.543 e. The summed E-state index contributed by atoms with van der Waals surface area (Å²) in [5.41, 5.74) is -1.52. The van der Waals surface area contributed by atoms with Crippen LogP contribution in [0.5, 0.6) is 11.5 Å². The minimum Gasteiger partial charge on any atom is -0.400 e. The molecule has 31 heavy (non-hydrogen) atoms. The highest BCUT2D eigenvalue weighted by atomic mass is 35.5. The summed E-state index contributed by atoms with van der Waals surface area (Å²) in [6.45, 7) is 0. The van der Waals surface area contributed by atoms with Gasteiger partial charge in [-0.1, -0.05) is 54.1 Å². The third-order valence-corrected chi connectivity index (χ3v) is 5.80. The maximum atomic E-state index is 13.4. The van der Waals surface area contributed by atoms with E-state index in [1.54, 1.807) is 36.4 Å². The van der Waals surface area contributed by atoms with Crippen molar-refractivity contribution in [3.05, 3.63) is 89.4 Å². The van der Waals surface area contributed by atoms with Crippen LogP contribution in [0.4, 0.5) is 18.9 Å². The van der Waals surface area contributed by atoms with Gasteiger partial charge in [0.05, 0.1) is 16.3 Å². The Labute approximate surface area is 186 Å². The average molecular weight is 487 g/mol. The lowest BCUT2D eigenvalue weighted by Gasteiger charge is -2.22. The van der Waals surface area contributed by atoms with E-state index in [1.165, 1.54) is 30.3 Å². The smallest absolute Gasteiger partial charge is 0.400 e. The summed E-state index contributed by atoms with van der Waals surface area (Å²) < 4.78 is 64.3. The fourth-order valence-corrected chi connectivity index (χ4v) is 4.35. The molecule has 0 fully saturated rings. The highest BCUT2D eigenvalue weighted by Crippen LogP contribution is 2.45. The van der Waals surface area contributed by atoms with Crippen molar-refractivity contribution in [1.82, 2.24) is 5.09 Å². The molecule has 0 aliphatic rings. The summed E-state index contributed by atoms with van der Waals surface area (Å²) in [5.74, 6) is 0.400. The van der Waals surface area contributed by atoms with Crippen LogP contribution < -0.4 is 19.5 Å². The van der Waals surface area contributed by atoms with Gasteiger partial charge in [-0.2, -0.15) is 13.2 Å². The molecule has 0 radical (unpaired) electrons. The molecule has 0 spiro atoms. The second-order valence-corrected chi connectivity index (χ2v) is 8.43. The minimum absolute atomic E-state index is 0.200. The van der Waals surface area contributed by atoms with E-state index < -0.39 is 30.3 Å². The lowest BCUT2D eigenvalue weighted by molar-refractivity contribution is -0.136. The summed E-state index contributed by atoms with van der Waals surface area (Å²) in [5, 5.41) is 4.04. The molecule has 0 aliphatic carbocycles. The molecule has 0 bridgehead atoms. The van der Waals surface area contributed by atoms with Gasteiger partial charge in [0.25, 0.3) is 0 Å². The van der Waals surface area contributed by atoms with Crippen LogP contribution in [0.3, 0.4) is 0 Å². The van der Waals surface area contributed by atoms with Crippen molar-refractivity contribution in [3.63, 3.8) is 0 Å². The normalized spacial score (nSPS) is 11.5. The number of thiocarbonyl (C=S) groups is 1. The number of hydrogen-bond donors (Lipinski definition) is 2. The van der Waals surface area contributed by atoms with Crippen LogP contribution in [0, 0.1) is 0 Å². The van der Waals surface area contributed by atoms with Crippen molar-refractivity contribution in [1.29, 1.82) is 0 Å². The van der Waals surface area contributed by atoms with Crippen LogP contribution >= 0.6 is 31.6 Å². The number of benzene rings is 3. The minimum atomic E-state index is -4.69. The average Bonchev–Trinajstić information content (AvgIpc) is 2.69. The van der Waals surface area contributed by atoms with Gasteiger partial charge in [-0.3, -0.25) is 0 Å². The molecule has 0 heterocycles. The molecule has 0 aromatic heterocycles. The molecule has 0 saturated heterocycles. The maximum Gasteiger partial charge on any atom is 0.543 e. The first-order chi connectivity index (χ1) is 14.7. The van der Waals surface area contributed by atoms with Crippen LogP contribution in [0.15, 0.2) is 78.9 Å². The van der Waals surface area contributed by atoms with Gasteiger partial charge in [-0.25, -0.2) is 9.65 Å². The lowest BCUT2D eigenvalue weighted by atomic mass is 10.1. The van der Waals surface area contributed by atoms with Crippen molar-refractivity contribution in [2.75, 3.05) is 5.32 Å². The highest BCUT2D eigenvalue weighted by molar-refractivity contribution is 7.81. The number of rotatable bonds is 6.